The normalized spacial score (nSPS) is 16.2. The van der Waals surface area contributed by atoms with Gasteiger partial charge in [-0.1, -0.05) is 12.1 Å². The topological polar surface area (TPSA) is 72.5 Å². The molecule has 1 amide bonds. The number of ether oxygens (including phenoxy) is 1. The molecule has 0 spiro atoms. The van der Waals surface area contributed by atoms with Crippen molar-refractivity contribution in [1.82, 2.24) is 5.32 Å². The van der Waals surface area contributed by atoms with Gasteiger partial charge in [0.05, 0.1) is 17.3 Å². The summed E-state index contributed by atoms with van der Waals surface area (Å²) in [6.07, 6.45) is 1.72. The van der Waals surface area contributed by atoms with Crippen molar-refractivity contribution in [1.29, 1.82) is 0 Å². The number of amides is 1. The lowest BCUT2D eigenvalue weighted by Crippen LogP contribution is -2.26. The first-order valence-corrected chi connectivity index (χ1v) is 8.43. The summed E-state index contributed by atoms with van der Waals surface area (Å²) in [7, 11) is -3.09. The van der Waals surface area contributed by atoms with Crippen molar-refractivity contribution in [2.75, 3.05) is 18.9 Å². The van der Waals surface area contributed by atoms with Crippen LogP contribution in [0.25, 0.3) is 0 Å². The van der Waals surface area contributed by atoms with Gasteiger partial charge in [-0.3, -0.25) is 0 Å². The third-order valence-electron chi connectivity index (χ3n) is 3.28. The first-order chi connectivity index (χ1) is 9.53. The molecule has 0 aliphatic carbocycles. The average Bonchev–Trinajstić information content (AvgIpc) is 2.38. The maximum Gasteiger partial charge on any atom is 0.407 e. The van der Waals surface area contributed by atoms with E-state index < -0.39 is 15.9 Å². The van der Waals surface area contributed by atoms with Crippen molar-refractivity contribution in [2.24, 2.45) is 0 Å². The fourth-order valence-electron chi connectivity index (χ4n) is 2.34. The molecule has 0 radical (unpaired) electrons. The summed E-state index contributed by atoms with van der Waals surface area (Å²) in [6, 6.07) is 5.43. The minimum atomic E-state index is -3.09. The second-order valence-corrected chi connectivity index (χ2v) is 6.84. The Balaban J connectivity index is 2.00. The number of hydrogen-bond acceptors (Lipinski definition) is 4. The Morgan fingerprint density at radius 1 is 1.40 bits per heavy atom. The molecule has 1 heterocycles. The number of rotatable bonds is 4. The molecule has 0 saturated heterocycles. The number of fused-ring (bicyclic) bond motifs is 1. The third kappa shape index (κ3) is 3.50. The fraction of sp³-hybridized carbons (Fsp3) is 0.500. The molecule has 2 rings (SSSR count). The van der Waals surface area contributed by atoms with Gasteiger partial charge in [-0.25, -0.2) is 13.2 Å². The third-order valence-corrected chi connectivity index (χ3v) is 5.17. The van der Waals surface area contributed by atoms with E-state index in [0.717, 1.165) is 17.5 Å². The van der Waals surface area contributed by atoms with Crippen LogP contribution in [0.1, 0.15) is 24.5 Å². The highest BCUT2D eigenvalue weighted by atomic mass is 32.2. The molecule has 1 aromatic carbocycles. The van der Waals surface area contributed by atoms with Crippen molar-refractivity contribution in [3.8, 4) is 0 Å². The summed E-state index contributed by atoms with van der Waals surface area (Å²) in [5.74, 6) is 0.240. The lowest BCUT2D eigenvalue weighted by Gasteiger charge is -2.17. The smallest absolute Gasteiger partial charge is 0.407 e. The van der Waals surface area contributed by atoms with E-state index >= 15 is 0 Å². The maximum atomic E-state index is 11.9. The number of aryl methyl sites for hydroxylation is 1. The Kier molecular flexibility index (Phi) is 4.65. The Bertz CT molecular complexity index is 595. The largest absolute Gasteiger partial charge is 0.450 e. The Hall–Kier alpha value is -1.56. The van der Waals surface area contributed by atoms with Crippen LogP contribution in [0.15, 0.2) is 23.1 Å². The number of hydrogen-bond donors (Lipinski definition) is 1. The van der Waals surface area contributed by atoms with Crippen LogP contribution in [0.3, 0.4) is 0 Å². The molecular formula is C14H19NO4S. The molecule has 1 aliphatic heterocycles. The van der Waals surface area contributed by atoms with E-state index in [1.807, 2.05) is 12.1 Å². The van der Waals surface area contributed by atoms with Gasteiger partial charge in [-0.05, 0) is 43.4 Å². The molecule has 6 heteroatoms. The molecule has 110 valence electrons. The van der Waals surface area contributed by atoms with Crippen LogP contribution in [-0.4, -0.2) is 33.4 Å². The van der Waals surface area contributed by atoms with E-state index in [1.54, 1.807) is 13.0 Å². The number of carbonyl (C=O) groups excluding carboxylic acids is 1. The van der Waals surface area contributed by atoms with Crippen molar-refractivity contribution >= 4 is 15.9 Å². The Morgan fingerprint density at radius 3 is 2.95 bits per heavy atom. The number of carbonyl (C=O) groups is 1. The highest BCUT2D eigenvalue weighted by molar-refractivity contribution is 7.91. The Labute approximate surface area is 119 Å². The maximum absolute atomic E-state index is 11.9. The second kappa shape index (κ2) is 6.26. The highest BCUT2D eigenvalue weighted by Gasteiger charge is 2.23. The van der Waals surface area contributed by atoms with Crippen LogP contribution in [0.2, 0.25) is 0 Å². The van der Waals surface area contributed by atoms with Gasteiger partial charge in [-0.2, -0.15) is 0 Å². The van der Waals surface area contributed by atoms with Crippen LogP contribution in [-0.2, 0) is 27.4 Å². The van der Waals surface area contributed by atoms with Crippen LogP contribution < -0.4 is 5.32 Å². The van der Waals surface area contributed by atoms with E-state index in [9.17, 15) is 13.2 Å². The second-order valence-electron chi connectivity index (χ2n) is 4.76. The van der Waals surface area contributed by atoms with Gasteiger partial charge in [-0.15, -0.1) is 0 Å². The van der Waals surface area contributed by atoms with E-state index in [4.69, 9.17) is 4.74 Å². The molecule has 0 aromatic heterocycles. The average molecular weight is 297 g/mol. The van der Waals surface area contributed by atoms with Crippen molar-refractivity contribution in [3.05, 3.63) is 29.3 Å². The predicted octanol–water partition coefficient (Wildman–Crippen LogP) is 1.70. The van der Waals surface area contributed by atoms with Crippen LogP contribution >= 0.6 is 0 Å². The van der Waals surface area contributed by atoms with Gasteiger partial charge in [0.15, 0.2) is 9.84 Å². The SMILES string of the molecule is CCOC(=O)NCCc1ccc2c(c1)CCCS2(=O)=O. The predicted molar refractivity (Wildman–Crippen MR) is 75.5 cm³/mol. The van der Waals surface area contributed by atoms with Gasteiger partial charge in [0.2, 0.25) is 0 Å². The lowest BCUT2D eigenvalue weighted by molar-refractivity contribution is 0.152. The summed E-state index contributed by atoms with van der Waals surface area (Å²) in [5, 5.41) is 2.65. The van der Waals surface area contributed by atoms with Crippen molar-refractivity contribution in [2.45, 2.75) is 31.1 Å². The van der Waals surface area contributed by atoms with Crippen molar-refractivity contribution in [3.63, 3.8) is 0 Å². The summed E-state index contributed by atoms with van der Waals surface area (Å²) < 4.78 is 28.5. The van der Waals surface area contributed by atoms with E-state index in [1.165, 1.54) is 0 Å². The fourth-order valence-corrected chi connectivity index (χ4v) is 3.92. The van der Waals surface area contributed by atoms with Gasteiger partial charge in [0.1, 0.15) is 0 Å². The minimum Gasteiger partial charge on any atom is -0.450 e. The first kappa shape index (κ1) is 14.8. The number of sulfone groups is 1. The van der Waals surface area contributed by atoms with Crippen molar-refractivity contribution < 1.29 is 17.9 Å². The number of benzene rings is 1. The van der Waals surface area contributed by atoms with Gasteiger partial charge >= 0.3 is 6.09 Å². The quantitative estimate of drug-likeness (QED) is 0.918. The molecule has 1 N–H and O–H groups in total. The van der Waals surface area contributed by atoms with Gasteiger partial charge in [0.25, 0.3) is 0 Å². The summed E-state index contributed by atoms with van der Waals surface area (Å²) in [4.78, 5) is 11.6. The molecule has 1 aliphatic rings. The van der Waals surface area contributed by atoms with Crippen LogP contribution in [0.4, 0.5) is 4.79 Å². The molecule has 0 fully saturated rings. The molecule has 0 saturated carbocycles. The monoisotopic (exact) mass is 297 g/mol. The molecule has 5 nitrogen and oxygen atoms in total. The molecule has 20 heavy (non-hydrogen) atoms. The molecule has 0 unspecified atom stereocenters. The number of alkyl carbamates (subject to hydrolysis) is 1. The number of nitrogens with one attached hydrogen (secondary N) is 1. The standard InChI is InChI=1S/C14H19NO4S/c1-2-19-14(16)15-8-7-11-5-6-13-12(10-11)4-3-9-20(13,17)18/h5-6,10H,2-4,7-9H2,1H3,(H,15,16). The van der Waals surface area contributed by atoms with E-state index in [2.05, 4.69) is 5.32 Å². The lowest BCUT2D eigenvalue weighted by atomic mass is 10.0. The first-order valence-electron chi connectivity index (χ1n) is 6.78. The zero-order valence-corrected chi connectivity index (χ0v) is 12.3. The van der Waals surface area contributed by atoms with Gasteiger partial charge in [0, 0.05) is 6.54 Å². The zero-order valence-electron chi connectivity index (χ0n) is 11.5. The molecule has 0 atom stereocenters. The highest BCUT2D eigenvalue weighted by Crippen LogP contribution is 2.25. The summed E-state index contributed by atoms with van der Waals surface area (Å²) in [6.45, 7) is 2.58. The molecule has 0 bridgehead atoms. The molecule has 1 aromatic rings. The van der Waals surface area contributed by atoms with E-state index in [0.29, 0.717) is 30.9 Å². The van der Waals surface area contributed by atoms with Gasteiger partial charge < -0.3 is 10.1 Å². The molecular weight excluding hydrogens is 278 g/mol. The minimum absolute atomic E-state index is 0.240. The zero-order chi connectivity index (χ0) is 14.6. The van der Waals surface area contributed by atoms with Crippen LogP contribution in [0.5, 0.6) is 0 Å². The summed E-state index contributed by atoms with van der Waals surface area (Å²) >= 11 is 0. The van der Waals surface area contributed by atoms with E-state index in [-0.39, 0.29) is 5.75 Å². The Morgan fingerprint density at radius 2 is 2.20 bits per heavy atom. The van der Waals surface area contributed by atoms with Crippen LogP contribution in [0, 0.1) is 0 Å². The summed E-state index contributed by atoms with van der Waals surface area (Å²) in [5.41, 5.74) is 1.92.